The maximum absolute atomic E-state index is 5.45. The Balaban J connectivity index is 1.56. The summed E-state index contributed by atoms with van der Waals surface area (Å²) in [6, 6.07) is 18.8. The second-order valence-corrected chi connectivity index (χ2v) is 7.70. The molecule has 3 aromatic rings. The Bertz CT molecular complexity index is 926. The van der Waals surface area contributed by atoms with Crippen molar-refractivity contribution in [1.82, 2.24) is 9.78 Å². The number of nitrogens with zero attached hydrogens (tertiary/aromatic N) is 2. The van der Waals surface area contributed by atoms with E-state index in [2.05, 4.69) is 79.0 Å². The van der Waals surface area contributed by atoms with Gasteiger partial charge in [-0.3, -0.25) is 4.68 Å². The van der Waals surface area contributed by atoms with Gasteiger partial charge in [0.15, 0.2) is 5.11 Å². The van der Waals surface area contributed by atoms with E-state index in [1.807, 2.05) is 23.7 Å². The van der Waals surface area contributed by atoms with Gasteiger partial charge in [0.05, 0.1) is 12.2 Å². The Kier molecular flexibility index (Phi) is 6.47. The summed E-state index contributed by atoms with van der Waals surface area (Å²) in [4.78, 5) is 0. The first kappa shape index (κ1) is 20.1. The van der Waals surface area contributed by atoms with Crippen LogP contribution in [0.3, 0.4) is 0 Å². The third-order valence-electron chi connectivity index (χ3n) is 5.00. The molecule has 0 saturated heterocycles. The maximum atomic E-state index is 5.45. The van der Waals surface area contributed by atoms with E-state index in [1.54, 1.807) is 0 Å². The molecule has 4 nitrogen and oxygen atoms in total. The highest BCUT2D eigenvalue weighted by atomic mass is 32.1. The molecule has 2 aromatic carbocycles. The van der Waals surface area contributed by atoms with Crippen molar-refractivity contribution < 1.29 is 0 Å². The smallest absolute Gasteiger partial charge is 0.175 e. The van der Waals surface area contributed by atoms with Crippen LogP contribution in [0.15, 0.2) is 54.6 Å². The molecule has 1 unspecified atom stereocenters. The van der Waals surface area contributed by atoms with Crippen LogP contribution >= 0.6 is 12.2 Å². The molecule has 3 rings (SSSR count). The van der Waals surface area contributed by atoms with Crippen LogP contribution in [-0.2, 0) is 6.54 Å². The van der Waals surface area contributed by atoms with Gasteiger partial charge in [-0.05, 0) is 79.9 Å². The van der Waals surface area contributed by atoms with Crippen molar-refractivity contribution in [2.75, 3.05) is 10.6 Å². The molecule has 0 aliphatic carbocycles. The Morgan fingerprint density at radius 1 is 1.00 bits per heavy atom. The molecule has 0 aliphatic rings. The molecular formula is C23H28N4S. The highest BCUT2D eigenvalue weighted by molar-refractivity contribution is 7.80. The lowest BCUT2D eigenvalue weighted by Crippen LogP contribution is -2.19. The van der Waals surface area contributed by atoms with Gasteiger partial charge in [-0.25, -0.2) is 0 Å². The number of aryl methyl sites for hydroxylation is 2. The van der Waals surface area contributed by atoms with E-state index in [4.69, 9.17) is 12.2 Å². The summed E-state index contributed by atoms with van der Waals surface area (Å²) in [5, 5.41) is 11.6. The molecule has 0 fully saturated rings. The Morgan fingerprint density at radius 3 is 2.07 bits per heavy atom. The monoisotopic (exact) mass is 392 g/mol. The van der Waals surface area contributed by atoms with Gasteiger partial charge >= 0.3 is 0 Å². The molecular weight excluding hydrogens is 364 g/mol. The van der Waals surface area contributed by atoms with Crippen molar-refractivity contribution in [3.05, 3.63) is 77.1 Å². The number of aromatic nitrogens is 2. The number of anilines is 2. The summed E-state index contributed by atoms with van der Waals surface area (Å²) >= 11 is 5.45. The fourth-order valence-corrected chi connectivity index (χ4v) is 3.36. The summed E-state index contributed by atoms with van der Waals surface area (Å²) in [5.74, 6) is 0.576. The molecule has 1 aromatic heterocycles. The quantitative estimate of drug-likeness (QED) is 0.515. The third-order valence-corrected chi connectivity index (χ3v) is 5.20. The highest BCUT2D eigenvalue weighted by Gasteiger charge is 2.05. The lowest BCUT2D eigenvalue weighted by Gasteiger charge is -2.13. The molecule has 1 heterocycles. The third kappa shape index (κ3) is 5.20. The molecule has 28 heavy (non-hydrogen) atoms. The van der Waals surface area contributed by atoms with Gasteiger partial charge in [0.1, 0.15) is 0 Å². The highest BCUT2D eigenvalue weighted by Crippen LogP contribution is 2.20. The van der Waals surface area contributed by atoms with E-state index in [0.29, 0.717) is 11.0 Å². The largest absolute Gasteiger partial charge is 0.332 e. The van der Waals surface area contributed by atoms with Crippen LogP contribution in [0.2, 0.25) is 0 Å². The summed E-state index contributed by atoms with van der Waals surface area (Å²) in [7, 11) is 0. The van der Waals surface area contributed by atoms with Crippen LogP contribution in [0.25, 0.3) is 0 Å². The van der Waals surface area contributed by atoms with Gasteiger partial charge in [-0.15, -0.1) is 0 Å². The van der Waals surface area contributed by atoms with E-state index in [9.17, 15) is 0 Å². The van der Waals surface area contributed by atoms with Crippen molar-refractivity contribution in [3.8, 4) is 0 Å². The van der Waals surface area contributed by atoms with E-state index >= 15 is 0 Å². The molecule has 1 atom stereocenters. The van der Waals surface area contributed by atoms with Crippen molar-refractivity contribution in [2.24, 2.45) is 0 Å². The number of thiocarbonyl (C=S) groups is 1. The van der Waals surface area contributed by atoms with Gasteiger partial charge in [-0.1, -0.05) is 38.1 Å². The van der Waals surface area contributed by atoms with Gasteiger partial charge < -0.3 is 10.6 Å². The van der Waals surface area contributed by atoms with E-state index in [0.717, 1.165) is 30.0 Å². The molecule has 0 amide bonds. The first-order chi connectivity index (χ1) is 13.4. The summed E-state index contributed by atoms with van der Waals surface area (Å²) in [6.07, 6.45) is 1.14. The molecule has 5 heteroatoms. The average molecular weight is 393 g/mol. The van der Waals surface area contributed by atoms with Crippen LogP contribution in [-0.4, -0.2) is 14.9 Å². The minimum Gasteiger partial charge on any atom is -0.332 e. The van der Waals surface area contributed by atoms with Crippen molar-refractivity contribution in [2.45, 2.75) is 46.6 Å². The topological polar surface area (TPSA) is 41.9 Å². The zero-order valence-electron chi connectivity index (χ0n) is 17.0. The Hall–Kier alpha value is -2.66. The number of rotatable bonds is 6. The van der Waals surface area contributed by atoms with Crippen molar-refractivity contribution in [3.63, 3.8) is 0 Å². The zero-order valence-corrected chi connectivity index (χ0v) is 17.8. The number of hydrogen-bond donors (Lipinski definition) is 2. The van der Waals surface area contributed by atoms with Crippen molar-refractivity contribution in [1.29, 1.82) is 0 Å². The number of nitrogens with one attached hydrogen (secondary N) is 2. The minimum atomic E-state index is 0.576. The summed E-state index contributed by atoms with van der Waals surface area (Å²) in [6.45, 7) is 9.31. The predicted molar refractivity (Wildman–Crippen MR) is 122 cm³/mol. The second kappa shape index (κ2) is 9.02. The van der Waals surface area contributed by atoms with Gasteiger partial charge in [-0.2, -0.15) is 5.10 Å². The normalized spacial score (nSPS) is 11.9. The minimum absolute atomic E-state index is 0.576. The van der Waals surface area contributed by atoms with Gasteiger partial charge in [0.25, 0.3) is 0 Å². The fraction of sp³-hybridized carbons (Fsp3) is 0.304. The average Bonchev–Trinajstić information content (AvgIpc) is 3.00. The second-order valence-electron chi connectivity index (χ2n) is 7.29. The van der Waals surface area contributed by atoms with Gasteiger partial charge in [0.2, 0.25) is 0 Å². The molecule has 0 radical (unpaired) electrons. The van der Waals surface area contributed by atoms with Crippen LogP contribution in [0.5, 0.6) is 0 Å². The standard InChI is InChI=1S/C23H28N4S/c1-5-16(2)20-8-12-22(13-9-20)25-23(28)24-21-10-6-19(7-11-21)15-27-18(4)14-17(3)26-27/h6-14,16H,5,15H2,1-4H3,(H2,24,25,28). The van der Waals surface area contributed by atoms with Crippen LogP contribution in [0.1, 0.15) is 48.7 Å². The Morgan fingerprint density at radius 2 is 1.57 bits per heavy atom. The van der Waals surface area contributed by atoms with E-state index in [1.165, 1.54) is 16.8 Å². The maximum Gasteiger partial charge on any atom is 0.175 e. The zero-order chi connectivity index (χ0) is 20.1. The molecule has 2 N–H and O–H groups in total. The molecule has 0 spiro atoms. The molecule has 0 bridgehead atoms. The van der Waals surface area contributed by atoms with E-state index in [-0.39, 0.29) is 0 Å². The lowest BCUT2D eigenvalue weighted by molar-refractivity contribution is 0.659. The lowest BCUT2D eigenvalue weighted by atomic mass is 9.99. The number of hydrogen-bond acceptors (Lipinski definition) is 2. The first-order valence-electron chi connectivity index (χ1n) is 9.72. The van der Waals surface area contributed by atoms with Gasteiger partial charge in [0, 0.05) is 17.1 Å². The van der Waals surface area contributed by atoms with Crippen LogP contribution in [0, 0.1) is 13.8 Å². The molecule has 0 saturated carbocycles. The number of benzene rings is 2. The first-order valence-corrected chi connectivity index (χ1v) is 10.1. The molecule has 146 valence electrons. The van der Waals surface area contributed by atoms with Crippen LogP contribution in [0.4, 0.5) is 11.4 Å². The fourth-order valence-electron chi connectivity index (χ4n) is 3.13. The summed E-state index contributed by atoms with van der Waals surface area (Å²) < 4.78 is 2.02. The Labute approximate surface area is 173 Å². The van der Waals surface area contributed by atoms with Crippen LogP contribution < -0.4 is 10.6 Å². The molecule has 0 aliphatic heterocycles. The predicted octanol–water partition coefficient (Wildman–Crippen LogP) is 5.87. The summed E-state index contributed by atoms with van der Waals surface area (Å²) in [5.41, 5.74) is 6.73. The van der Waals surface area contributed by atoms with E-state index < -0.39 is 0 Å². The SMILES string of the molecule is CCC(C)c1ccc(NC(=S)Nc2ccc(Cn3nc(C)cc3C)cc2)cc1. The van der Waals surface area contributed by atoms with Crippen molar-refractivity contribution >= 4 is 28.7 Å².